The van der Waals surface area contributed by atoms with Crippen molar-refractivity contribution in [1.29, 1.82) is 0 Å². The average Bonchev–Trinajstić information content (AvgIpc) is 3.12. The third-order valence-electron chi connectivity index (χ3n) is 11.3. The van der Waals surface area contributed by atoms with E-state index in [-0.39, 0.29) is 42.4 Å². The minimum absolute atomic E-state index is 0. The van der Waals surface area contributed by atoms with Crippen LogP contribution in [0, 0.1) is 0 Å². The van der Waals surface area contributed by atoms with Crippen molar-refractivity contribution in [3.8, 4) is 46.0 Å². The number of benzene rings is 4. The first-order valence-electron chi connectivity index (χ1n) is 17.1. The zero-order chi connectivity index (χ0) is 35.4. The fourth-order valence-electron chi connectivity index (χ4n) is 8.86. The van der Waals surface area contributed by atoms with E-state index in [1.807, 2.05) is 12.1 Å². The smallest absolute Gasteiger partial charge is 0.165 e. The molecule has 4 atom stereocenters. The quantitative estimate of drug-likeness (QED) is 0.162. The van der Waals surface area contributed by atoms with Crippen LogP contribution in [0.1, 0.15) is 89.7 Å². The highest BCUT2D eigenvalue weighted by Gasteiger charge is 2.40. The van der Waals surface area contributed by atoms with Gasteiger partial charge in [-0.1, -0.05) is 33.4 Å². The number of phenols is 4. The van der Waals surface area contributed by atoms with Crippen molar-refractivity contribution in [3.05, 3.63) is 93.0 Å². The van der Waals surface area contributed by atoms with E-state index in [0.717, 1.165) is 77.7 Å². The van der Waals surface area contributed by atoms with Crippen molar-refractivity contribution in [2.75, 3.05) is 41.5 Å². The first-order chi connectivity index (χ1) is 24.1. The Balaban J connectivity index is 0.000000174. The Morgan fingerprint density at radius 2 is 1.06 bits per heavy atom. The summed E-state index contributed by atoms with van der Waals surface area (Å²) in [5.74, 6) is 3.40. The van der Waals surface area contributed by atoms with Gasteiger partial charge in [-0.3, -0.25) is 9.80 Å². The summed E-state index contributed by atoms with van der Waals surface area (Å²) < 4.78 is 22.3. The number of rotatable bonds is 4. The highest BCUT2D eigenvalue weighted by Crippen LogP contribution is 2.52. The number of hydrogen-bond donors (Lipinski definition) is 4. The van der Waals surface area contributed by atoms with Crippen LogP contribution in [0.3, 0.4) is 0 Å². The fourth-order valence-corrected chi connectivity index (χ4v) is 8.86. The summed E-state index contributed by atoms with van der Waals surface area (Å²) in [4.78, 5) is 4.80. The van der Waals surface area contributed by atoms with Gasteiger partial charge in [-0.15, -0.1) is 0 Å². The molecule has 272 valence electrons. The number of ether oxygens (including phenoxy) is 4. The summed E-state index contributed by atoms with van der Waals surface area (Å²) >= 11 is 0. The molecule has 0 amide bonds. The van der Waals surface area contributed by atoms with Gasteiger partial charge in [0.25, 0.3) is 0 Å². The van der Waals surface area contributed by atoms with Gasteiger partial charge in [0, 0.05) is 61.2 Å². The molecule has 51 heavy (non-hydrogen) atoms. The molecule has 0 fully saturated rings. The number of methoxy groups -OCH3 is 4. The average molecular weight is 699 g/mol. The van der Waals surface area contributed by atoms with E-state index >= 15 is 0 Å². The third kappa shape index (κ3) is 5.94. The molecule has 4 aromatic rings. The molecule has 0 saturated carbocycles. The molecule has 4 N–H and O–H groups in total. The van der Waals surface area contributed by atoms with E-state index in [0.29, 0.717) is 18.5 Å². The van der Waals surface area contributed by atoms with Gasteiger partial charge in [0.15, 0.2) is 46.0 Å². The Morgan fingerprint density at radius 3 is 1.67 bits per heavy atom. The van der Waals surface area contributed by atoms with Crippen LogP contribution in [0.5, 0.6) is 46.0 Å². The molecular weight excluding hydrogens is 648 g/mol. The molecule has 4 aliphatic rings. The van der Waals surface area contributed by atoms with E-state index in [1.54, 1.807) is 40.6 Å². The van der Waals surface area contributed by atoms with Gasteiger partial charge < -0.3 is 39.4 Å². The number of nitrogens with zero attached hydrogens (tertiary/aromatic N) is 2. The summed E-state index contributed by atoms with van der Waals surface area (Å²) in [7, 11) is 6.80. The van der Waals surface area contributed by atoms with Gasteiger partial charge in [-0.2, -0.15) is 0 Å². The second-order valence-electron chi connectivity index (χ2n) is 13.7. The fraction of sp³-hybridized carbons (Fsp3) is 0.415. The molecule has 10 heteroatoms. The second-order valence-corrected chi connectivity index (χ2v) is 13.7. The first kappa shape index (κ1) is 36.0. The predicted octanol–water partition coefficient (Wildman–Crippen LogP) is 7.30. The minimum Gasteiger partial charge on any atom is -0.504 e. The molecule has 0 saturated heterocycles. The van der Waals surface area contributed by atoms with Crippen molar-refractivity contribution in [2.45, 2.75) is 71.1 Å². The van der Waals surface area contributed by atoms with Crippen molar-refractivity contribution in [1.82, 2.24) is 9.80 Å². The lowest BCUT2D eigenvalue weighted by molar-refractivity contribution is 0.136. The van der Waals surface area contributed by atoms with Crippen LogP contribution in [0.2, 0.25) is 0 Å². The maximum absolute atomic E-state index is 10.2. The Labute approximate surface area is 300 Å². The molecule has 8 rings (SSSR count). The van der Waals surface area contributed by atoms with Crippen LogP contribution >= 0.6 is 0 Å². The number of aromatic hydroxyl groups is 4. The van der Waals surface area contributed by atoms with Crippen molar-refractivity contribution < 1.29 is 39.4 Å². The number of fused-ring (bicyclic) bond motifs is 8. The van der Waals surface area contributed by atoms with Crippen LogP contribution in [-0.2, 0) is 25.9 Å². The Kier molecular flexibility index (Phi) is 9.94. The third-order valence-corrected chi connectivity index (χ3v) is 11.3. The number of phenolic OH excluding ortho intramolecular Hbond substituents is 4. The molecular formula is C41H50N2O8. The molecule has 10 nitrogen and oxygen atoms in total. The van der Waals surface area contributed by atoms with Gasteiger partial charge in [0.1, 0.15) is 0 Å². The summed E-state index contributed by atoms with van der Waals surface area (Å²) in [6.45, 7) is 7.63. The summed E-state index contributed by atoms with van der Waals surface area (Å²) in [6.07, 6.45) is 1.78. The number of hydrogen-bond acceptors (Lipinski definition) is 10. The Hall–Kier alpha value is -4.80. The van der Waals surface area contributed by atoms with Gasteiger partial charge in [-0.05, 0) is 82.6 Å². The molecule has 0 bridgehead atoms. The molecule has 4 aromatic carbocycles. The normalized spacial score (nSPS) is 21.5. The standard InChI is InChI=1S/C22H27NO4.C18H19NO4.CH4/c1-13-15-6-7-18(24-2)22(27-5)17(15)12-23-9-8-14-10-19(25-3)20(26-4)11-16(14)21(13)23;1-9-11-2-3-14(20)18(23)13(11)8-19-5-4-10-6-15(21)16(22)7-12(10)17(9)19;/h6-7,10-11,13,21H,8-9,12H2,1-5H3;2-3,6-7,9,17,20-23H,4-5,8H2,1H3;1H4/t13-,21+;9-,17+;/m00./s1. The van der Waals surface area contributed by atoms with Crippen molar-refractivity contribution in [3.63, 3.8) is 0 Å². The lowest BCUT2D eigenvalue weighted by atomic mass is 9.77. The van der Waals surface area contributed by atoms with E-state index < -0.39 is 0 Å². The molecule has 0 aliphatic carbocycles. The minimum atomic E-state index is -0.0999. The molecule has 0 spiro atoms. The topological polar surface area (TPSA) is 124 Å². The van der Waals surface area contributed by atoms with E-state index in [9.17, 15) is 20.4 Å². The summed E-state index contributed by atoms with van der Waals surface area (Å²) in [6, 6.07) is 15.6. The van der Waals surface area contributed by atoms with Crippen LogP contribution in [-0.4, -0.2) is 71.8 Å². The molecule has 0 aromatic heterocycles. The largest absolute Gasteiger partial charge is 0.504 e. The zero-order valence-electron chi connectivity index (χ0n) is 29.5. The summed E-state index contributed by atoms with van der Waals surface area (Å²) in [5, 5.41) is 39.6. The molecule has 0 radical (unpaired) electrons. The Morgan fingerprint density at radius 1 is 0.549 bits per heavy atom. The summed E-state index contributed by atoms with van der Waals surface area (Å²) in [5.41, 5.74) is 9.14. The molecule has 4 aliphatic heterocycles. The predicted molar refractivity (Wildman–Crippen MR) is 196 cm³/mol. The van der Waals surface area contributed by atoms with Crippen LogP contribution in [0.25, 0.3) is 0 Å². The maximum Gasteiger partial charge on any atom is 0.165 e. The van der Waals surface area contributed by atoms with Gasteiger partial charge in [-0.25, -0.2) is 0 Å². The van der Waals surface area contributed by atoms with E-state index in [4.69, 9.17) is 18.9 Å². The van der Waals surface area contributed by atoms with Crippen LogP contribution < -0.4 is 18.9 Å². The van der Waals surface area contributed by atoms with Gasteiger partial charge in [0.2, 0.25) is 0 Å². The van der Waals surface area contributed by atoms with E-state index in [1.165, 1.54) is 28.3 Å². The van der Waals surface area contributed by atoms with E-state index in [2.05, 4.69) is 41.8 Å². The maximum atomic E-state index is 10.2. The molecule has 4 heterocycles. The lowest BCUT2D eigenvalue weighted by Gasteiger charge is -2.45. The van der Waals surface area contributed by atoms with Crippen LogP contribution in [0.4, 0.5) is 0 Å². The van der Waals surface area contributed by atoms with Gasteiger partial charge in [0.05, 0.1) is 28.4 Å². The molecule has 0 unspecified atom stereocenters. The SMILES string of the molecule is C.COc1cc2c(cc1OC)[C@H]1[C@@H](C)c3ccc(OC)c(OC)c3CN1CC2.C[C@H]1c2ccc(O)c(O)c2CN2CCc3cc(O)c(O)cc3[C@@H]12. The monoisotopic (exact) mass is 698 g/mol. The second kappa shape index (κ2) is 14.1. The highest BCUT2D eigenvalue weighted by molar-refractivity contribution is 5.57. The zero-order valence-corrected chi connectivity index (χ0v) is 29.5. The first-order valence-corrected chi connectivity index (χ1v) is 17.1. The highest BCUT2D eigenvalue weighted by atomic mass is 16.5. The van der Waals surface area contributed by atoms with Crippen LogP contribution in [0.15, 0.2) is 48.5 Å². The lowest BCUT2D eigenvalue weighted by Crippen LogP contribution is -2.41. The van der Waals surface area contributed by atoms with Crippen molar-refractivity contribution in [2.24, 2.45) is 0 Å². The van der Waals surface area contributed by atoms with Gasteiger partial charge >= 0.3 is 0 Å². The Bertz CT molecular complexity index is 1940. The van der Waals surface area contributed by atoms with Crippen molar-refractivity contribution >= 4 is 0 Å².